The van der Waals surface area contributed by atoms with Crippen LogP contribution in [0, 0.1) is 0 Å². The number of amides is 1. The lowest BCUT2D eigenvalue weighted by atomic mass is 10.0. The van der Waals surface area contributed by atoms with Crippen LogP contribution in [0.5, 0.6) is 0 Å². The fourth-order valence-corrected chi connectivity index (χ4v) is 3.00. The third-order valence-electron chi connectivity index (χ3n) is 4.34. The molecule has 5 heteroatoms. The molecule has 0 radical (unpaired) electrons. The Morgan fingerprint density at radius 2 is 1.67 bits per heavy atom. The number of hydrogen-bond donors (Lipinski definition) is 1. The smallest absolute Gasteiger partial charge is 0.267 e. The van der Waals surface area contributed by atoms with Gasteiger partial charge in [-0.15, -0.1) is 0 Å². The van der Waals surface area contributed by atoms with Gasteiger partial charge in [0.15, 0.2) is 0 Å². The van der Waals surface area contributed by atoms with E-state index in [1.165, 1.54) is 10.7 Å². The number of benzene rings is 2. The number of nitrogens with zero attached hydrogens (tertiary/aromatic N) is 2. The molecule has 0 spiro atoms. The molecule has 1 aromatic heterocycles. The Morgan fingerprint density at radius 3 is 2.33 bits per heavy atom. The van der Waals surface area contributed by atoms with Crippen LogP contribution in [0.2, 0.25) is 0 Å². The van der Waals surface area contributed by atoms with E-state index in [4.69, 9.17) is 0 Å². The highest BCUT2D eigenvalue weighted by Gasteiger charge is 2.15. The first kappa shape index (κ1) is 18.6. The Labute approximate surface area is 158 Å². The summed E-state index contributed by atoms with van der Waals surface area (Å²) < 4.78 is 1.21. The van der Waals surface area contributed by atoms with Crippen molar-refractivity contribution in [3.8, 4) is 11.3 Å². The molecule has 1 N–H and O–H groups in total. The Morgan fingerprint density at radius 1 is 1.00 bits per heavy atom. The molecule has 1 atom stereocenters. The van der Waals surface area contributed by atoms with Gasteiger partial charge in [0.25, 0.3) is 5.56 Å². The summed E-state index contributed by atoms with van der Waals surface area (Å²) in [5.41, 5.74) is 2.33. The molecule has 138 valence electrons. The van der Waals surface area contributed by atoms with Crippen LogP contribution in [0.4, 0.5) is 0 Å². The van der Waals surface area contributed by atoms with Crippen LogP contribution in [-0.4, -0.2) is 15.7 Å². The van der Waals surface area contributed by atoms with Crippen LogP contribution < -0.4 is 10.9 Å². The molecule has 2 aromatic carbocycles. The monoisotopic (exact) mass is 361 g/mol. The van der Waals surface area contributed by atoms with Crippen molar-refractivity contribution in [2.24, 2.45) is 0 Å². The maximum absolute atomic E-state index is 12.6. The van der Waals surface area contributed by atoms with Crippen molar-refractivity contribution < 1.29 is 4.79 Å². The summed E-state index contributed by atoms with van der Waals surface area (Å²) in [6.45, 7) is 1.98. The van der Waals surface area contributed by atoms with E-state index in [9.17, 15) is 9.59 Å². The van der Waals surface area contributed by atoms with Crippen LogP contribution >= 0.6 is 0 Å². The minimum Gasteiger partial charge on any atom is -0.348 e. The van der Waals surface area contributed by atoms with Crippen LogP contribution in [0.25, 0.3) is 11.3 Å². The third kappa shape index (κ3) is 4.91. The second-order valence-electron chi connectivity index (χ2n) is 6.40. The number of aromatic nitrogens is 2. The minimum absolute atomic E-state index is 0.0725. The van der Waals surface area contributed by atoms with Crippen molar-refractivity contribution in [3.63, 3.8) is 0 Å². The van der Waals surface area contributed by atoms with Crippen LogP contribution in [0.1, 0.15) is 31.4 Å². The molecule has 0 unspecified atom stereocenters. The number of rotatable bonds is 7. The summed E-state index contributed by atoms with van der Waals surface area (Å²) >= 11 is 0. The zero-order valence-corrected chi connectivity index (χ0v) is 15.3. The molecule has 0 saturated heterocycles. The first-order chi connectivity index (χ1) is 13.2. The van der Waals surface area contributed by atoms with Crippen LogP contribution in [0.15, 0.2) is 77.6 Å². The van der Waals surface area contributed by atoms with Crippen LogP contribution in [-0.2, 0) is 11.3 Å². The van der Waals surface area contributed by atoms with Gasteiger partial charge in [-0.25, -0.2) is 4.68 Å². The summed E-state index contributed by atoms with van der Waals surface area (Å²) in [6, 6.07) is 22.5. The summed E-state index contributed by atoms with van der Waals surface area (Å²) in [4.78, 5) is 24.7. The summed E-state index contributed by atoms with van der Waals surface area (Å²) in [5.74, 6) is -0.225. The van der Waals surface area contributed by atoms with Crippen molar-refractivity contribution in [2.45, 2.75) is 32.4 Å². The summed E-state index contributed by atoms with van der Waals surface area (Å²) in [7, 11) is 0. The van der Waals surface area contributed by atoms with E-state index in [1.54, 1.807) is 6.07 Å². The molecule has 27 heavy (non-hydrogen) atoms. The highest BCUT2D eigenvalue weighted by molar-refractivity contribution is 5.76. The number of hydrogen-bond acceptors (Lipinski definition) is 3. The molecule has 0 aliphatic carbocycles. The second-order valence-corrected chi connectivity index (χ2v) is 6.40. The van der Waals surface area contributed by atoms with Crippen molar-refractivity contribution >= 4 is 5.91 Å². The number of nitrogens with one attached hydrogen (secondary N) is 1. The predicted octanol–water partition coefficient (Wildman–Crippen LogP) is 3.57. The van der Waals surface area contributed by atoms with Crippen molar-refractivity contribution in [1.29, 1.82) is 0 Å². The van der Waals surface area contributed by atoms with E-state index in [0.29, 0.717) is 5.69 Å². The molecule has 3 aromatic rings. The zero-order valence-electron chi connectivity index (χ0n) is 15.3. The molecule has 1 amide bonds. The lowest BCUT2D eigenvalue weighted by Crippen LogP contribution is -2.35. The van der Waals surface area contributed by atoms with E-state index >= 15 is 0 Å². The van der Waals surface area contributed by atoms with Gasteiger partial charge in [-0.05, 0) is 18.1 Å². The molecule has 0 bridgehead atoms. The van der Waals surface area contributed by atoms with Gasteiger partial charge < -0.3 is 5.32 Å². The van der Waals surface area contributed by atoms with E-state index in [1.807, 2.05) is 60.7 Å². The quantitative estimate of drug-likeness (QED) is 0.700. The van der Waals surface area contributed by atoms with E-state index < -0.39 is 0 Å². The van der Waals surface area contributed by atoms with Crippen LogP contribution in [0.3, 0.4) is 0 Å². The Kier molecular flexibility index (Phi) is 6.15. The van der Waals surface area contributed by atoms with Crippen molar-refractivity contribution in [2.75, 3.05) is 0 Å². The van der Waals surface area contributed by atoms with Gasteiger partial charge in [0.1, 0.15) is 6.54 Å². The average Bonchev–Trinajstić information content (AvgIpc) is 2.70. The Bertz CT molecular complexity index is 937. The molecule has 0 aliphatic heterocycles. The highest BCUT2D eigenvalue weighted by atomic mass is 16.2. The molecule has 1 heterocycles. The van der Waals surface area contributed by atoms with Crippen molar-refractivity contribution in [3.05, 3.63) is 88.7 Å². The Hall–Kier alpha value is -3.21. The molecular weight excluding hydrogens is 338 g/mol. The first-order valence-corrected chi connectivity index (χ1v) is 9.15. The number of carbonyl (C=O) groups is 1. The lowest BCUT2D eigenvalue weighted by molar-refractivity contribution is -0.122. The minimum atomic E-state index is -0.295. The van der Waals surface area contributed by atoms with Gasteiger partial charge in [0.05, 0.1) is 11.7 Å². The third-order valence-corrected chi connectivity index (χ3v) is 4.34. The van der Waals surface area contributed by atoms with Gasteiger partial charge in [0.2, 0.25) is 5.91 Å². The lowest BCUT2D eigenvalue weighted by Gasteiger charge is -2.19. The van der Waals surface area contributed by atoms with Gasteiger partial charge in [0, 0.05) is 11.6 Å². The zero-order chi connectivity index (χ0) is 19.1. The van der Waals surface area contributed by atoms with E-state index in [2.05, 4.69) is 17.3 Å². The van der Waals surface area contributed by atoms with E-state index in [-0.39, 0.29) is 24.1 Å². The molecular formula is C22H23N3O2. The Balaban J connectivity index is 1.76. The second kappa shape index (κ2) is 8.94. The maximum atomic E-state index is 12.6. The fourth-order valence-electron chi connectivity index (χ4n) is 3.00. The van der Waals surface area contributed by atoms with E-state index in [0.717, 1.165) is 24.0 Å². The highest BCUT2D eigenvalue weighted by Crippen LogP contribution is 2.18. The predicted molar refractivity (Wildman–Crippen MR) is 106 cm³/mol. The molecule has 0 saturated carbocycles. The fraction of sp³-hybridized carbons (Fsp3) is 0.227. The normalized spacial score (nSPS) is 11.7. The molecule has 5 nitrogen and oxygen atoms in total. The number of carbonyl (C=O) groups excluding carboxylic acids is 1. The molecule has 0 aliphatic rings. The standard InChI is InChI=1S/C22H23N3O2/c1-2-9-19(17-10-5-3-6-11-17)23-21(26)16-25-22(27)15-14-20(24-25)18-12-7-4-8-13-18/h3-8,10-15,19H,2,9,16H2,1H3,(H,23,26)/t19-/m1/s1. The molecule has 0 fully saturated rings. The van der Waals surface area contributed by atoms with Gasteiger partial charge in [-0.3, -0.25) is 9.59 Å². The topological polar surface area (TPSA) is 64.0 Å². The maximum Gasteiger partial charge on any atom is 0.267 e. The first-order valence-electron chi connectivity index (χ1n) is 9.15. The summed E-state index contributed by atoms with van der Waals surface area (Å²) in [6.07, 6.45) is 1.78. The largest absolute Gasteiger partial charge is 0.348 e. The van der Waals surface area contributed by atoms with Gasteiger partial charge >= 0.3 is 0 Å². The molecule has 3 rings (SSSR count). The van der Waals surface area contributed by atoms with Gasteiger partial charge in [-0.1, -0.05) is 74.0 Å². The summed E-state index contributed by atoms with van der Waals surface area (Å²) in [5, 5.41) is 7.38. The average molecular weight is 361 g/mol. The van der Waals surface area contributed by atoms with Gasteiger partial charge in [-0.2, -0.15) is 5.10 Å². The SMILES string of the molecule is CCC[C@@H](NC(=O)Cn1nc(-c2ccccc2)ccc1=O)c1ccccc1. The van der Waals surface area contributed by atoms with Crippen molar-refractivity contribution in [1.82, 2.24) is 15.1 Å².